The second kappa shape index (κ2) is 10.1. The molecule has 0 aliphatic heterocycles. The minimum Gasteiger partial charge on any atom is -0.441 e. The Morgan fingerprint density at radius 2 is 1.94 bits per heavy atom. The molecule has 4 N–H and O–H groups in total. The van der Waals surface area contributed by atoms with E-state index in [9.17, 15) is 14.4 Å². The fraction of sp³-hybridized carbons (Fsp3) is 0.375. The Morgan fingerprint density at radius 1 is 1.47 bits per heavy atom. The maximum atomic E-state index is 10.8. The number of esters is 1. The van der Waals surface area contributed by atoms with E-state index in [1.807, 2.05) is 0 Å². The molecular weight excluding hydrogens is 234 g/mol. The van der Waals surface area contributed by atoms with Crippen LogP contribution in [-0.4, -0.2) is 29.7 Å². The van der Waals surface area contributed by atoms with Gasteiger partial charge in [-0.2, -0.15) is 0 Å². The molecule has 0 atom stereocenters. The zero-order chi connectivity index (χ0) is 13.8. The molecule has 0 radical (unpaired) electrons. The molecule has 2 amide bonds. The van der Waals surface area contributed by atoms with Crippen LogP contribution in [0.4, 0.5) is 0 Å². The number of ether oxygens (including phenoxy) is 1. The SMILES string of the molecule is C=C(C)C(=O)OCNC(=O)CC(N)=O.O=NO. The highest BCUT2D eigenvalue weighted by Crippen LogP contribution is 1.90. The minimum absolute atomic E-state index is 0.231. The van der Waals surface area contributed by atoms with E-state index in [0.29, 0.717) is 0 Å². The fourth-order valence-electron chi connectivity index (χ4n) is 0.526. The molecule has 0 spiro atoms. The molecule has 0 aliphatic carbocycles. The van der Waals surface area contributed by atoms with Gasteiger partial charge in [0.1, 0.15) is 6.42 Å². The first-order chi connectivity index (χ1) is 7.84. The Kier molecular flexibility index (Phi) is 10.1. The number of carbonyl (C=O) groups is 3. The van der Waals surface area contributed by atoms with Crippen LogP contribution in [0.3, 0.4) is 0 Å². The predicted octanol–water partition coefficient (Wildman–Crippen LogP) is -0.803. The van der Waals surface area contributed by atoms with Crippen LogP contribution in [0.1, 0.15) is 13.3 Å². The van der Waals surface area contributed by atoms with Crippen LogP contribution >= 0.6 is 0 Å². The highest BCUT2D eigenvalue weighted by atomic mass is 16.6. The summed E-state index contributed by atoms with van der Waals surface area (Å²) < 4.78 is 4.53. The monoisotopic (exact) mass is 247 g/mol. The topological polar surface area (TPSA) is 148 Å². The van der Waals surface area contributed by atoms with E-state index < -0.39 is 24.2 Å². The van der Waals surface area contributed by atoms with Gasteiger partial charge in [-0.05, 0) is 6.92 Å². The summed E-state index contributed by atoms with van der Waals surface area (Å²) in [6.07, 6.45) is -0.426. The number of nitrogens with zero attached hydrogens (tertiary/aromatic N) is 1. The highest BCUT2D eigenvalue weighted by molar-refractivity contribution is 5.96. The molecule has 0 aliphatic rings. The van der Waals surface area contributed by atoms with Gasteiger partial charge in [0.2, 0.25) is 11.8 Å². The summed E-state index contributed by atoms with van der Waals surface area (Å²) in [4.78, 5) is 39.9. The molecule has 0 heterocycles. The quantitative estimate of drug-likeness (QED) is 0.144. The first kappa shape index (κ1) is 17.0. The summed E-state index contributed by atoms with van der Waals surface area (Å²) in [6, 6.07) is 0. The number of nitrogens with one attached hydrogen (secondary N) is 1. The summed E-state index contributed by atoms with van der Waals surface area (Å²) >= 11 is 0. The van der Waals surface area contributed by atoms with E-state index in [1.165, 1.54) is 12.3 Å². The van der Waals surface area contributed by atoms with Crippen LogP contribution in [0, 0.1) is 4.91 Å². The lowest BCUT2D eigenvalue weighted by molar-refractivity contribution is -0.141. The predicted molar refractivity (Wildman–Crippen MR) is 55.3 cm³/mol. The molecular formula is C8H13N3O6. The summed E-state index contributed by atoms with van der Waals surface area (Å²) in [5.41, 5.74) is 4.98. The van der Waals surface area contributed by atoms with E-state index in [0.717, 1.165) is 0 Å². The Morgan fingerprint density at radius 3 is 2.29 bits per heavy atom. The van der Waals surface area contributed by atoms with E-state index >= 15 is 0 Å². The van der Waals surface area contributed by atoms with Gasteiger partial charge in [0.15, 0.2) is 12.1 Å². The van der Waals surface area contributed by atoms with Gasteiger partial charge in [-0.1, -0.05) is 6.58 Å². The third-order valence-electron chi connectivity index (χ3n) is 1.16. The molecule has 9 nitrogen and oxygen atoms in total. The maximum absolute atomic E-state index is 10.8. The number of primary amides is 1. The number of amides is 2. The van der Waals surface area contributed by atoms with Crippen LogP contribution < -0.4 is 11.1 Å². The van der Waals surface area contributed by atoms with Crippen molar-refractivity contribution in [2.24, 2.45) is 11.1 Å². The molecule has 17 heavy (non-hydrogen) atoms. The number of hydrogen-bond acceptors (Lipinski definition) is 6. The van der Waals surface area contributed by atoms with Crippen LogP contribution in [0.2, 0.25) is 0 Å². The van der Waals surface area contributed by atoms with Gasteiger partial charge in [-0.25, -0.2) is 4.79 Å². The van der Waals surface area contributed by atoms with Crippen molar-refractivity contribution < 1.29 is 24.3 Å². The summed E-state index contributed by atoms with van der Waals surface area (Å²) in [5, 5.41) is 10.1. The average molecular weight is 247 g/mol. The normalized spacial score (nSPS) is 8.06. The summed E-state index contributed by atoms with van der Waals surface area (Å²) in [5.74, 6) is -1.94. The standard InChI is InChI=1S/C8H12N2O4.HNO2/c1-5(2)8(13)14-4-10-7(12)3-6(9)11;2-1-3/h1,3-4H2,2H3,(H2,9,11)(H,10,12);(H,2,3). The Balaban J connectivity index is 0. The van der Waals surface area contributed by atoms with Crippen molar-refractivity contribution in [2.45, 2.75) is 13.3 Å². The summed E-state index contributed by atoms with van der Waals surface area (Å²) in [6.45, 7) is 4.53. The Bertz CT molecular complexity index is 314. The van der Waals surface area contributed by atoms with Gasteiger partial charge in [-0.15, -0.1) is 4.91 Å². The fourth-order valence-corrected chi connectivity index (χ4v) is 0.526. The minimum atomic E-state index is -0.742. The van der Waals surface area contributed by atoms with Gasteiger partial charge < -0.3 is 21.0 Å². The average Bonchev–Trinajstić information content (AvgIpc) is 2.17. The van der Waals surface area contributed by atoms with Crippen molar-refractivity contribution in [3.8, 4) is 0 Å². The number of hydrogen-bond donors (Lipinski definition) is 3. The highest BCUT2D eigenvalue weighted by Gasteiger charge is 2.06. The van der Waals surface area contributed by atoms with Gasteiger partial charge in [-0.3, -0.25) is 9.59 Å². The molecule has 0 bridgehead atoms. The molecule has 0 fully saturated rings. The number of rotatable bonds is 5. The third kappa shape index (κ3) is 13.5. The van der Waals surface area contributed by atoms with Gasteiger partial charge in [0.05, 0.1) is 0 Å². The first-order valence-corrected chi connectivity index (χ1v) is 4.19. The van der Waals surface area contributed by atoms with E-state index in [2.05, 4.69) is 16.6 Å². The molecule has 0 aromatic rings. The summed E-state index contributed by atoms with van der Waals surface area (Å²) in [7, 11) is 0. The van der Waals surface area contributed by atoms with E-state index in [1.54, 1.807) is 0 Å². The molecule has 0 aromatic heterocycles. The third-order valence-corrected chi connectivity index (χ3v) is 1.16. The molecule has 0 saturated carbocycles. The smallest absolute Gasteiger partial charge is 0.334 e. The number of carbonyl (C=O) groups excluding carboxylic acids is 3. The molecule has 9 heteroatoms. The molecule has 0 unspecified atom stereocenters. The van der Waals surface area contributed by atoms with Crippen molar-refractivity contribution in [1.29, 1.82) is 0 Å². The molecule has 0 saturated heterocycles. The Hall–Kier alpha value is -2.45. The van der Waals surface area contributed by atoms with E-state index in [-0.39, 0.29) is 12.3 Å². The van der Waals surface area contributed by atoms with Crippen molar-refractivity contribution >= 4 is 17.8 Å². The maximum Gasteiger partial charge on any atom is 0.334 e. The van der Waals surface area contributed by atoms with Crippen LogP contribution in [0.15, 0.2) is 17.5 Å². The second-order valence-electron chi connectivity index (χ2n) is 2.68. The zero-order valence-electron chi connectivity index (χ0n) is 9.13. The van der Waals surface area contributed by atoms with Crippen LogP contribution in [-0.2, 0) is 19.1 Å². The lowest BCUT2D eigenvalue weighted by atomic mass is 10.4. The van der Waals surface area contributed by atoms with Crippen molar-refractivity contribution in [3.05, 3.63) is 17.1 Å². The van der Waals surface area contributed by atoms with Crippen LogP contribution in [0.5, 0.6) is 0 Å². The van der Waals surface area contributed by atoms with E-state index in [4.69, 9.17) is 15.8 Å². The lowest BCUT2D eigenvalue weighted by Gasteiger charge is -2.04. The first-order valence-electron chi connectivity index (χ1n) is 4.19. The van der Waals surface area contributed by atoms with Gasteiger partial charge in [0, 0.05) is 5.57 Å². The lowest BCUT2D eigenvalue weighted by Crippen LogP contribution is -2.31. The molecule has 96 valence electrons. The zero-order valence-corrected chi connectivity index (χ0v) is 9.13. The van der Waals surface area contributed by atoms with Crippen molar-refractivity contribution in [1.82, 2.24) is 5.32 Å². The molecule has 0 rings (SSSR count). The van der Waals surface area contributed by atoms with Crippen molar-refractivity contribution in [2.75, 3.05) is 6.73 Å². The largest absolute Gasteiger partial charge is 0.441 e. The van der Waals surface area contributed by atoms with Crippen molar-refractivity contribution in [3.63, 3.8) is 0 Å². The van der Waals surface area contributed by atoms with Crippen LogP contribution in [0.25, 0.3) is 0 Å². The van der Waals surface area contributed by atoms with Gasteiger partial charge >= 0.3 is 5.97 Å². The Labute approximate surface area is 96.5 Å². The molecule has 0 aromatic carbocycles. The van der Waals surface area contributed by atoms with Gasteiger partial charge in [0.25, 0.3) is 0 Å². The second-order valence-corrected chi connectivity index (χ2v) is 2.68. The number of nitrogens with two attached hydrogens (primary N) is 1.